The van der Waals surface area contributed by atoms with Gasteiger partial charge in [-0.2, -0.15) is 0 Å². The first-order chi connectivity index (χ1) is 12.6. The van der Waals surface area contributed by atoms with E-state index in [1.54, 1.807) is 0 Å². The van der Waals surface area contributed by atoms with Gasteiger partial charge in [0.05, 0.1) is 5.75 Å². The maximum absolute atomic E-state index is 12.4. The summed E-state index contributed by atoms with van der Waals surface area (Å²) < 4.78 is 2.08. The molecule has 140 valence electrons. The summed E-state index contributed by atoms with van der Waals surface area (Å²) in [7, 11) is 0. The SMILES string of the molecule is CCn1c(SCC(=O)N[C@@H]2CCCC[C@@H]2C)nnc1-c1ccc(C)cc1. The summed E-state index contributed by atoms with van der Waals surface area (Å²) >= 11 is 1.47. The summed E-state index contributed by atoms with van der Waals surface area (Å²) in [6.07, 6.45) is 4.80. The van der Waals surface area contributed by atoms with E-state index >= 15 is 0 Å². The molecule has 2 aromatic rings. The lowest BCUT2D eigenvalue weighted by Crippen LogP contribution is -2.41. The van der Waals surface area contributed by atoms with E-state index in [0.29, 0.717) is 17.7 Å². The third-order valence-electron chi connectivity index (χ3n) is 5.13. The Labute approximate surface area is 160 Å². The van der Waals surface area contributed by atoms with Gasteiger partial charge in [0.25, 0.3) is 0 Å². The minimum atomic E-state index is 0.0938. The highest BCUT2D eigenvalue weighted by Gasteiger charge is 2.23. The van der Waals surface area contributed by atoms with Crippen LogP contribution in [0.3, 0.4) is 0 Å². The van der Waals surface area contributed by atoms with Gasteiger partial charge in [-0.25, -0.2) is 0 Å². The van der Waals surface area contributed by atoms with Gasteiger partial charge in [0.2, 0.25) is 5.91 Å². The van der Waals surface area contributed by atoms with Gasteiger partial charge in [-0.3, -0.25) is 4.79 Å². The maximum atomic E-state index is 12.4. The molecule has 0 unspecified atom stereocenters. The van der Waals surface area contributed by atoms with Gasteiger partial charge in [0, 0.05) is 18.2 Å². The van der Waals surface area contributed by atoms with Crippen molar-refractivity contribution in [3.63, 3.8) is 0 Å². The van der Waals surface area contributed by atoms with Crippen LogP contribution < -0.4 is 5.32 Å². The average molecular weight is 373 g/mol. The molecule has 1 aromatic carbocycles. The molecular weight excluding hydrogens is 344 g/mol. The van der Waals surface area contributed by atoms with Gasteiger partial charge in [-0.15, -0.1) is 10.2 Å². The molecule has 6 heteroatoms. The highest BCUT2D eigenvalue weighted by atomic mass is 32.2. The third kappa shape index (κ3) is 4.47. The zero-order valence-electron chi connectivity index (χ0n) is 15.9. The summed E-state index contributed by atoms with van der Waals surface area (Å²) in [5.74, 6) is 1.91. The molecule has 2 atom stereocenters. The molecule has 1 aliphatic rings. The quantitative estimate of drug-likeness (QED) is 0.777. The maximum Gasteiger partial charge on any atom is 0.230 e. The van der Waals surface area contributed by atoms with Crippen LogP contribution in [0.4, 0.5) is 0 Å². The molecule has 1 fully saturated rings. The fourth-order valence-electron chi connectivity index (χ4n) is 3.51. The average Bonchev–Trinajstić information content (AvgIpc) is 3.05. The molecular formula is C20H28N4OS. The van der Waals surface area contributed by atoms with Crippen LogP contribution in [-0.2, 0) is 11.3 Å². The normalized spacial score (nSPS) is 20.1. The van der Waals surface area contributed by atoms with Crippen LogP contribution in [0.2, 0.25) is 0 Å². The lowest BCUT2D eigenvalue weighted by Gasteiger charge is -2.29. The lowest BCUT2D eigenvalue weighted by molar-refractivity contribution is -0.119. The van der Waals surface area contributed by atoms with E-state index < -0.39 is 0 Å². The molecule has 0 saturated heterocycles. The zero-order chi connectivity index (χ0) is 18.5. The summed E-state index contributed by atoms with van der Waals surface area (Å²) in [4.78, 5) is 12.4. The largest absolute Gasteiger partial charge is 0.352 e. The van der Waals surface area contributed by atoms with E-state index in [1.165, 1.54) is 36.6 Å². The fraction of sp³-hybridized carbons (Fsp3) is 0.550. The van der Waals surface area contributed by atoms with Gasteiger partial charge in [-0.1, -0.05) is 61.4 Å². The number of hydrogen-bond acceptors (Lipinski definition) is 4. The van der Waals surface area contributed by atoms with Gasteiger partial charge < -0.3 is 9.88 Å². The van der Waals surface area contributed by atoms with E-state index in [0.717, 1.165) is 29.5 Å². The minimum absolute atomic E-state index is 0.0938. The van der Waals surface area contributed by atoms with Crippen LogP contribution in [0.5, 0.6) is 0 Å². The molecule has 0 aliphatic heterocycles. The molecule has 0 radical (unpaired) electrons. The third-order valence-corrected chi connectivity index (χ3v) is 6.10. The van der Waals surface area contributed by atoms with E-state index in [2.05, 4.69) is 65.1 Å². The molecule has 3 rings (SSSR count). The number of amides is 1. The number of carbonyl (C=O) groups excluding carboxylic acids is 1. The molecule has 26 heavy (non-hydrogen) atoms. The van der Waals surface area contributed by atoms with Gasteiger partial charge in [-0.05, 0) is 32.6 Å². The number of aromatic nitrogens is 3. The second kappa shape index (κ2) is 8.71. The van der Waals surface area contributed by atoms with Crippen molar-refractivity contribution in [2.24, 2.45) is 5.92 Å². The summed E-state index contributed by atoms with van der Waals surface area (Å²) in [6, 6.07) is 8.61. The number of nitrogens with one attached hydrogen (secondary N) is 1. The number of aryl methyl sites for hydroxylation is 1. The van der Waals surface area contributed by atoms with Crippen molar-refractivity contribution in [2.75, 3.05) is 5.75 Å². The Morgan fingerprint density at radius 3 is 2.65 bits per heavy atom. The van der Waals surface area contributed by atoms with Crippen LogP contribution >= 0.6 is 11.8 Å². The monoisotopic (exact) mass is 372 g/mol. The number of rotatable bonds is 6. The van der Waals surface area contributed by atoms with Crippen molar-refractivity contribution < 1.29 is 4.79 Å². The molecule has 1 aliphatic carbocycles. The predicted octanol–water partition coefficient (Wildman–Crippen LogP) is 4.06. The molecule has 1 amide bonds. The first-order valence-electron chi connectivity index (χ1n) is 9.51. The van der Waals surface area contributed by atoms with E-state index in [4.69, 9.17) is 0 Å². The van der Waals surface area contributed by atoms with Crippen molar-refractivity contribution in [2.45, 2.75) is 64.2 Å². The zero-order valence-corrected chi connectivity index (χ0v) is 16.7. The molecule has 1 heterocycles. The molecule has 1 saturated carbocycles. The number of thioether (sulfide) groups is 1. The van der Waals surface area contributed by atoms with Crippen LogP contribution in [0.1, 0.15) is 45.1 Å². The van der Waals surface area contributed by atoms with Gasteiger partial charge in [0.1, 0.15) is 0 Å². The van der Waals surface area contributed by atoms with Crippen molar-refractivity contribution in [1.29, 1.82) is 0 Å². The topological polar surface area (TPSA) is 59.8 Å². The Morgan fingerprint density at radius 1 is 1.23 bits per heavy atom. The van der Waals surface area contributed by atoms with Gasteiger partial charge >= 0.3 is 0 Å². The highest BCUT2D eigenvalue weighted by Crippen LogP contribution is 2.26. The molecule has 5 nitrogen and oxygen atoms in total. The standard InChI is InChI=1S/C20H28N4OS/c1-4-24-19(16-11-9-14(2)10-12-16)22-23-20(24)26-13-18(25)21-17-8-6-5-7-15(17)3/h9-12,15,17H,4-8,13H2,1-3H3,(H,21,25)/t15-,17+/m0/s1. The molecule has 0 bridgehead atoms. The molecule has 1 N–H and O–H groups in total. The van der Waals surface area contributed by atoms with E-state index in [-0.39, 0.29) is 5.91 Å². The Kier molecular flexibility index (Phi) is 6.35. The Bertz CT molecular complexity index is 741. The van der Waals surface area contributed by atoms with Crippen LogP contribution in [-0.4, -0.2) is 32.5 Å². The molecule has 0 spiro atoms. The smallest absolute Gasteiger partial charge is 0.230 e. The number of carbonyl (C=O) groups is 1. The van der Waals surface area contributed by atoms with Crippen molar-refractivity contribution >= 4 is 17.7 Å². The van der Waals surface area contributed by atoms with Gasteiger partial charge in [0.15, 0.2) is 11.0 Å². The number of benzene rings is 1. The fourth-order valence-corrected chi connectivity index (χ4v) is 4.32. The van der Waals surface area contributed by atoms with Crippen molar-refractivity contribution in [1.82, 2.24) is 20.1 Å². The number of hydrogen-bond donors (Lipinski definition) is 1. The van der Waals surface area contributed by atoms with Crippen LogP contribution in [0.25, 0.3) is 11.4 Å². The van der Waals surface area contributed by atoms with E-state index in [1.807, 2.05) is 0 Å². The van der Waals surface area contributed by atoms with E-state index in [9.17, 15) is 4.79 Å². The number of nitrogens with zero attached hydrogens (tertiary/aromatic N) is 3. The summed E-state index contributed by atoms with van der Waals surface area (Å²) in [5, 5.41) is 12.7. The Hall–Kier alpha value is -1.82. The Morgan fingerprint density at radius 2 is 1.96 bits per heavy atom. The second-order valence-electron chi connectivity index (χ2n) is 7.14. The summed E-state index contributed by atoms with van der Waals surface area (Å²) in [6.45, 7) is 7.16. The van der Waals surface area contributed by atoms with Crippen molar-refractivity contribution in [3.05, 3.63) is 29.8 Å². The lowest BCUT2D eigenvalue weighted by atomic mass is 9.86. The Balaban J connectivity index is 1.63. The second-order valence-corrected chi connectivity index (χ2v) is 8.08. The highest BCUT2D eigenvalue weighted by molar-refractivity contribution is 7.99. The first kappa shape index (κ1) is 19.0. The van der Waals surface area contributed by atoms with Crippen LogP contribution in [0, 0.1) is 12.8 Å². The van der Waals surface area contributed by atoms with Crippen LogP contribution in [0.15, 0.2) is 29.4 Å². The van der Waals surface area contributed by atoms with Crippen molar-refractivity contribution in [3.8, 4) is 11.4 Å². The first-order valence-corrected chi connectivity index (χ1v) is 10.5. The predicted molar refractivity (Wildman–Crippen MR) is 106 cm³/mol. The minimum Gasteiger partial charge on any atom is -0.352 e. The summed E-state index contributed by atoms with van der Waals surface area (Å²) in [5.41, 5.74) is 2.27. The molecule has 1 aromatic heterocycles.